The number of ether oxygens (including phenoxy) is 1. The highest BCUT2D eigenvalue weighted by atomic mass is 35.5. The molecule has 0 aliphatic heterocycles. The van der Waals surface area contributed by atoms with Gasteiger partial charge in [0.1, 0.15) is 17.8 Å². The zero-order chi connectivity index (χ0) is 33.8. The highest BCUT2D eigenvalue weighted by molar-refractivity contribution is 6.42. The van der Waals surface area contributed by atoms with Gasteiger partial charge in [0.05, 0.1) is 23.2 Å². The van der Waals surface area contributed by atoms with Gasteiger partial charge in [0, 0.05) is 5.56 Å². The number of aliphatic hydroxyl groups is 1. The van der Waals surface area contributed by atoms with Crippen molar-refractivity contribution in [3.63, 3.8) is 0 Å². The van der Waals surface area contributed by atoms with Crippen molar-refractivity contribution in [3.05, 3.63) is 63.6 Å². The maximum atomic E-state index is 14.0. The first-order chi connectivity index (χ1) is 20.1. The molecule has 0 aromatic heterocycles. The maximum absolute atomic E-state index is 14.0. The van der Waals surface area contributed by atoms with Gasteiger partial charge in [0.15, 0.2) is 0 Å². The van der Waals surface area contributed by atoms with E-state index in [1.807, 2.05) is 5.32 Å². The van der Waals surface area contributed by atoms with Crippen LogP contribution in [0.1, 0.15) is 37.9 Å². The highest BCUT2D eigenvalue weighted by Crippen LogP contribution is 2.41. The summed E-state index contributed by atoms with van der Waals surface area (Å²) in [5, 5.41) is 15.8. The summed E-state index contributed by atoms with van der Waals surface area (Å²) in [6.45, 7) is 3.40. The Bertz CT molecular complexity index is 1390. The molecule has 2 aromatic rings. The fourth-order valence-electron chi connectivity index (χ4n) is 3.82. The molecular weight excluding hydrogens is 647 g/mol. The number of amides is 3. The fraction of sp³-hybridized carbons (Fsp3) is 0.407. The van der Waals surface area contributed by atoms with Crippen molar-refractivity contribution in [2.45, 2.75) is 56.9 Å². The van der Waals surface area contributed by atoms with E-state index < -0.39 is 76.1 Å². The lowest BCUT2D eigenvalue weighted by Gasteiger charge is -2.31. The molecule has 4 atom stereocenters. The van der Waals surface area contributed by atoms with Crippen molar-refractivity contribution in [1.82, 2.24) is 16.0 Å². The van der Waals surface area contributed by atoms with E-state index in [1.165, 1.54) is 45.2 Å². The average Bonchev–Trinajstić information content (AvgIpc) is 2.93. The second-order valence-corrected chi connectivity index (χ2v) is 10.7. The van der Waals surface area contributed by atoms with Crippen LogP contribution < -0.4 is 20.7 Å². The molecule has 44 heavy (non-hydrogen) atoms. The number of ketones is 1. The van der Waals surface area contributed by atoms with Crippen LogP contribution in [0.25, 0.3) is 0 Å². The van der Waals surface area contributed by atoms with E-state index in [0.29, 0.717) is 17.9 Å². The van der Waals surface area contributed by atoms with E-state index in [9.17, 15) is 50.6 Å². The minimum absolute atomic E-state index is 0.0280. The lowest BCUT2D eigenvalue weighted by Crippen LogP contribution is -2.59. The molecule has 17 heteroatoms. The predicted molar refractivity (Wildman–Crippen MR) is 146 cm³/mol. The second-order valence-electron chi connectivity index (χ2n) is 9.84. The molecular formula is C27H27Cl2F6N3O6. The molecule has 9 nitrogen and oxygen atoms in total. The number of carbonyl (C=O) groups excluding carboxylic acids is 4. The number of halogens is 8. The van der Waals surface area contributed by atoms with Crippen LogP contribution in [-0.4, -0.2) is 60.2 Å². The first kappa shape index (κ1) is 36.6. The second kappa shape index (κ2) is 14.0. The van der Waals surface area contributed by atoms with Crippen LogP contribution in [0, 0.1) is 5.92 Å². The van der Waals surface area contributed by atoms with Gasteiger partial charge < -0.3 is 25.8 Å². The highest BCUT2D eigenvalue weighted by Gasteiger charge is 2.61. The Labute approximate surface area is 257 Å². The molecule has 0 saturated carbocycles. The Hall–Kier alpha value is -3.56. The summed E-state index contributed by atoms with van der Waals surface area (Å²) >= 11 is 11.5. The molecule has 2 aromatic carbocycles. The third kappa shape index (κ3) is 8.33. The van der Waals surface area contributed by atoms with Gasteiger partial charge in [-0.05, 0) is 42.7 Å². The summed E-state index contributed by atoms with van der Waals surface area (Å²) in [4.78, 5) is 51.0. The topological polar surface area (TPSA) is 134 Å². The molecule has 0 spiro atoms. The van der Waals surface area contributed by atoms with Gasteiger partial charge >= 0.3 is 12.4 Å². The maximum Gasteiger partial charge on any atom is 0.452 e. The summed E-state index contributed by atoms with van der Waals surface area (Å²) in [5.41, 5.74) is -5.25. The Morgan fingerprint density at radius 2 is 1.39 bits per heavy atom. The van der Waals surface area contributed by atoms with Crippen LogP contribution in [0.2, 0.25) is 10.0 Å². The largest absolute Gasteiger partial charge is 0.497 e. The molecule has 0 bridgehead atoms. The number of rotatable bonds is 11. The summed E-state index contributed by atoms with van der Waals surface area (Å²) in [6, 6.07) is 1.71. The molecule has 0 radical (unpaired) electrons. The predicted octanol–water partition coefficient (Wildman–Crippen LogP) is 4.39. The van der Waals surface area contributed by atoms with Crippen LogP contribution in [0.3, 0.4) is 0 Å². The minimum atomic E-state index is -5.62. The van der Waals surface area contributed by atoms with Crippen molar-refractivity contribution < 1.29 is 55.4 Å². The zero-order valence-electron chi connectivity index (χ0n) is 23.4. The van der Waals surface area contributed by atoms with E-state index in [4.69, 9.17) is 27.9 Å². The molecule has 4 unspecified atom stereocenters. The van der Waals surface area contributed by atoms with Crippen LogP contribution in [0.5, 0.6) is 5.75 Å². The van der Waals surface area contributed by atoms with Gasteiger partial charge in [-0.15, -0.1) is 0 Å². The molecule has 0 heterocycles. The summed E-state index contributed by atoms with van der Waals surface area (Å²) in [6.07, 6.45) is -10.9. The van der Waals surface area contributed by atoms with Gasteiger partial charge in [0.25, 0.3) is 17.3 Å². The average molecular weight is 674 g/mol. The van der Waals surface area contributed by atoms with Crippen LogP contribution in [0.15, 0.2) is 42.5 Å². The van der Waals surface area contributed by atoms with Gasteiger partial charge in [-0.2, -0.15) is 26.3 Å². The van der Waals surface area contributed by atoms with E-state index in [1.54, 1.807) is 5.32 Å². The third-order valence-electron chi connectivity index (χ3n) is 6.34. The van der Waals surface area contributed by atoms with Crippen LogP contribution in [-0.2, 0) is 24.8 Å². The lowest BCUT2D eigenvalue weighted by atomic mass is 9.91. The molecule has 0 aliphatic carbocycles. The number of benzene rings is 2. The molecule has 3 amide bonds. The summed E-state index contributed by atoms with van der Waals surface area (Å²) in [5.74, 6) is -7.65. The van der Waals surface area contributed by atoms with Crippen molar-refractivity contribution in [1.29, 1.82) is 0 Å². The van der Waals surface area contributed by atoms with E-state index in [0.717, 1.165) is 13.0 Å². The number of hydrogen-bond acceptors (Lipinski definition) is 6. The number of carbonyl (C=O) groups is 4. The molecule has 0 fully saturated rings. The standard InChI is InChI=1S/C27H27Cl2F6N3O6/c1-12(2)19(21(39)26(30,31)32)37-23(41)20(14-5-8-16(44-4)9-6-14)38-22(40)13(3)36-24(42)25(43,27(33,34)35)15-7-10-17(28)18(29)11-15/h5-13,19-20,43H,1-4H3,(H,36,42)(H,37,41)(H,38,40). The quantitative estimate of drug-likeness (QED) is 0.262. The van der Waals surface area contributed by atoms with Crippen molar-refractivity contribution in [3.8, 4) is 5.75 Å². The Balaban J connectivity index is 2.40. The van der Waals surface area contributed by atoms with Gasteiger partial charge in [-0.1, -0.05) is 55.2 Å². The van der Waals surface area contributed by atoms with Gasteiger partial charge in [-0.25, -0.2) is 0 Å². The number of Topliss-reactive ketones (excluding diaryl/α,β-unsaturated/α-hetero) is 1. The van der Waals surface area contributed by atoms with E-state index >= 15 is 0 Å². The van der Waals surface area contributed by atoms with Crippen molar-refractivity contribution >= 4 is 46.7 Å². The SMILES string of the molecule is COc1ccc(C(NC(=O)C(C)NC(=O)C(O)(c2ccc(Cl)c(Cl)c2)C(F)(F)F)C(=O)NC(C(=O)C(F)(F)F)C(C)C)cc1. The molecule has 0 saturated heterocycles. The summed E-state index contributed by atoms with van der Waals surface area (Å²) < 4.78 is 86.5. The minimum Gasteiger partial charge on any atom is -0.497 e. The molecule has 4 N–H and O–H groups in total. The van der Waals surface area contributed by atoms with Crippen LogP contribution >= 0.6 is 23.2 Å². The fourth-order valence-corrected chi connectivity index (χ4v) is 4.12. The first-order valence-corrected chi connectivity index (χ1v) is 13.3. The Kier molecular flexibility index (Phi) is 11.7. The molecule has 242 valence electrons. The smallest absolute Gasteiger partial charge is 0.452 e. The number of hydrogen-bond donors (Lipinski definition) is 4. The van der Waals surface area contributed by atoms with Crippen molar-refractivity contribution in [2.24, 2.45) is 5.92 Å². The first-order valence-electron chi connectivity index (χ1n) is 12.6. The Morgan fingerprint density at radius 3 is 1.84 bits per heavy atom. The number of alkyl halides is 6. The Morgan fingerprint density at radius 1 is 0.818 bits per heavy atom. The lowest BCUT2D eigenvalue weighted by molar-refractivity contribution is -0.257. The normalized spacial score (nSPS) is 15.4. The van der Waals surface area contributed by atoms with Gasteiger partial charge in [-0.3, -0.25) is 19.2 Å². The van der Waals surface area contributed by atoms with E-state index in [-0.39, 0.29) is 10.6 Å². The third-order valence-corrected chi connectivity index (χ3v) is 7.08. The monoisotopic (exact) mass is 673 g/mol. The number of nitrogens with one attached hydrogen (secondary N) is 3. The molecule has 0 aliphatic rings. The molecule has 2 rings (SSSR count). The number of methoxy groups -OCH3 is 1. The zero-order valence-corrected chi connectivity index (χ0v) is 24.9. The van der Waals surface area contributed by atoms with Crippen molar-refractivity contribution in [2.75, 3.05) is 7.11 Å². The van der Waals surface area contributed by atoms with Gasteiger partial charge in [0.2, 0.25) is 11.8 Å². The summed E-state index contributed by atoms with van der Waals surface area (Å²) in [7, 11) is 1.32. The van der Waals surface area contributed by atoms with E-state index in [2.05, 4.69) is 5.32 Å². The van der Waals surface area contributed by atoms with Crippen LogP contribution in [0.4, 0.5) is 26.3 Å².